The van der Waals surface area contributed by atoms with Gasteiger partial charge in [0.25, 0.3) is 0 Å². The summed E-state index contributed by atoms with van der Waals surface area (Å²) in [5.74, 6) is 0. The Morgan fingerprint density at radius 3 is 3.00 bits per heavy atom. The van der Waals surface area contributed by atoms with E-state index >= 15 is 0 Å². The van der Waals surface area contributed by atoms with Crippen LogP contribution in [0.2, 0.25) is 0 Å². The standard InChI is InChI=1S/C10H10N6OS/c1-16-6(3-17)2-11-10(16)18-9-7-8(13-4-12-7)14-5-15-9/h2,4-5,17H,3H2,1H3,(H,12,13,14,15). The van der Waals surface area contributed by atoms with Crippen molar-refractivity contribution in [2.45, 2.75) is 16.8 Å². The Kier molecular flexibility index (Phi) is 2.73. The lowest BCUT2D eigenvalue weighted by atomic mass is 10.5. The maximum atomic E-state index is 9.12. The first-order valence-electron chi connectivity index (χ1n) is 5.23. The second kappa shape index (κ2) is 4.39. The number of nitrogens with one attached hydrogen (secondary N) is 1. The highest BCUT2D eigenvalue weighted by molar-refractivity contribution is 7.99. The summed E-state index contributed by atoms with van der Waals surface area (Å²) in [7, 11) is 1.85. The number of H-pyrrole nitrogens is 1. The minimum atomic E-state index is -0.0344. The third kappa shape index (κ3) is 1.75. The van der Waals surface area contributed by atoms with E-state index in [1.807, 2.05) is 11.6 Å². The van der Waals surface area contributed by atoms with Gasteiger partial charge in [0.15, 0.2) is 10.8 Å². The van der Waals surface area contributed by atoms with Crippen molar-refractivity contribution in [3.63, 3.8) is 0 Å². The molecule has 2 N–H and O–H groups in total. The van der Waals surface area contributed by atoms with E-state index in [0.29, 0.717) is 5.65 Å². The summed E-state index contributed by atoms with van der Waals surface area (Å²) >= 11 is 1.40. The van der Waals surface area contributed by atoms with Crippen molar-refractivity contribution < 1.29 is 5.11 Å². The van der Waals surface area contributed by atoms with Crippen LogP contribution in [0.5, 0.6) is 0 Å². The molecule has 0 amide bonds. The fourth-order valence-corrected chi connectivity index (χ4v) is 2.46. The normalized spacial score (nSPS) is 11.2. The number of nitrogens with zero attached hydrogens (tertiary/aromatic N) is 5. The van der Waals surface area contributed by atoms with E-state index in [4.69, 9.17) is 5.11 Å². The quantitative estimate of drug-likeness (QED) is 0.676. The molecule has 8 heteroatoms. The van der Waals surface area contributed by atoms with Gasteiger partial charge in [-0.05, 0) is 11.8 Å². The summed E-state index contributed by atoms with van der Waals surface area (Å²) in [4.78, 5) is 19.6. The van der Waals surface area contributed by atoms with E-state index in [1.165, 1.54) is 18.1 Å². The molecule has 3 heterocycles. The van der Waals surface area contributed by atoms with Gasteiger partial charge in [-0.2, -0.15) is 0 Å². The van der Waals surface area contributed by atoms with Gasteiger partial charge in [-0.25, -0.2) is 19.9 Å². The van der Waals surface area contributed by atoms with Gasteiger partial charge in [0.05, 0.1) is 24.8 Å². The van der Waals surface area contributed by atoms with Gasteiger partial charge >= 0.3 is 0 Å². The van der Waals surface area contributed by atoms with Gasteiger partial charge in [-0.15, -0.1) is 0 Å². The van der Waals surface area contributed by atoms with Crippen LogP contribution >= 0.6 is 11.8 Å². The van der Waals surface area contributed by atoms with E-state index < -0.39 is 0 Å². The zero-order chi connectivity index (χ0) is 12.5. The number of hydrogen-bond acceptors (Lipinski definition) is 6. The summed E-state index contributed by atoms with van der Waals surface area (Å²) in [6.07, 6.45) is 4.70. The molecule has 3 rings (SSSR count). The first kappa shape index (κ1) is 11.2. The van der Waals surface area contributed by atoms with E-state index in [-0.39, 0.29) is 6.61 Å². The van der Waals surface area contributed by atoms with Crippen molar-refractivity contribution in [1.82, 2.24) is 29.5 Å². The van der Waals surface area contributed by atoms with E-state index in [0.717, 1.165) is 21.4 Å². The lowest BCUT2D eigenvalue weighted by Crippen LogP contribution is -1.97. The highest BCUT2D eigenvalue weighted by atomic mass is 32.2. The number of aliphatic hydroxyl groups excluding tert-OH is 1. The lowest BCUT2D eigenvalue weighted by Gasteiger charge is -2.03. The fraction of sp³-hybridized carbons (Fsp3) is 0.200. The summed E-state index contributed by atoms with van der Waals surface area (Å²) in [5.41, 5.74) is 2.17. The van der Waals surface area contributed by atoms with Crippen LogP contribution < -0.4 is 0 Å². The summed E-state index contributed by atoms with van der Waals surface area (Å²) in [6.45, 7) is -0.0344. The number of fused-ring (bicyclic) bond motifs is 1. The molecule has 0 aliphatic carbocycles. The van der Waals surface area contributed by atoms with Crippen LogP contribution in [0.1, 0.15) is 5.69 Å². The number of aliphatic hydroxyl groups is 1. The second-order valence-electron chi connectivity index (χ2n) is 3.63. The van der Waals surface area contributed by atoms with Crippen molar-refractivity contribution in [3.8, 4) is 0 Å². The van der Waals surface area contributed by atoms with Crippen LogP contribution in [0.25, 0.3) is 11.2 Å². The van der Waals surface area contributed by atoms with E-state index in [1.54, 1.807) is 12.5 Å². The number of imidazole rings is 2. The van der Waals surface area contributed by atoms with Crippen LogP contribution in [-0.2, 0) is 13.7 Å². The number of aromatic amines is 1. The predicted octanol–water partition coefficient (Wildman–Crippen LogP) is 0.730. The van der Waals surface area contributed by atoms with Crippen molar-refractivity contribution in [2.24, 2.45) is 7.05 Å². The molecule has 0 unspecified atom stereocenters. The summed E-state index contributed by atoms with van der Waals surface area (Å²) < 4.78 is 1.83. The third-order valence-corrected chi connectivity index (χ3v) is 3.64. The Hall–Kier alpha value is -1.93. The molecule has 0 spiro atoms. The molecule has 0 saturated carbocycles. The molecule has 0 atom stereocenters. The molecular formula is C10H10N6OS. The van der Waals surface area contributed by atoms with Gasteiger partial charge in [0.1, 0.15) is 16.9 Å². The van der Waals surface area contributed by atoms with Crippen molar-refractivity contribution >= 4 is 22.9 Å². The maximum absolute atomic E-state index is 9.12. The average Bonchev–Trinajstić information content (AvgIpc) is 2.98. The number of aromatic nitrogens is 6. The zero-order valence-corrected chi connectivity index (χ0v) is 10.3. The molecule has 0 fully saturated rings. The van der Waals surface area contributed by atoms with Gasteiger partial charge < -0.3 is 14.7 Å². The van der Waals surface area contributed by atoms with E-state index in [9.17, 15) is 0 Å². The van der Waals surface area contributed by atoms with E-state index in [2.05, 4.69) is 24.9 Å². The van der Waals surface area contributed by atoms with Crippen molar-refractivity contribution in [3.05, 3.63) is 24.5 Å². The van der Waals surface area contributed by atoms with Crippen LogP contribution in [-0.4, -0.2) is 34.6 Å². The molecule has 0 bridgehead atoms. The Morgan fingerprint density at radius 2 is 2.22 bits per heavy atom. The molecule has 0 aliphatic rings. The highest BCUT2D eigenvalue weighted by Crippen LogP contribution is 2.28. The maximum Gasteiger partial charge on any atom is 0.181 e. The predicted molar refractivity (Wildman–Crippen MR) is 64.9 cm³/mol. The SMILES string of the molecule is Cn1c(CO)cnc1Sc1ncnc2nc[nH]c12. The summed E-state index contributed by atoms with van der Waals surface area (Å²) in [6, 6.07) is 0. The molecule has 0 aliphatic heterocycles. The topological polar surface area (TPSA) is 92.5 Å². The second-order valence-corrected chi connectivity index (χ2v) is 4.59. The molecule has 0 aromatic carbocycles. The molecule has 0 saturated heterocycles. The highest BCUT2D eigenvalue weighted by Gasteiger charge is 2.12. The Bertz CT molecular complexity index is 691. The van der Waals surface area contributed by atoms with Gasteiger partial charge in [-0.3, -0.25) is 0 Å². The largest absolute Gasteiger partial charge is 0.390 e. The average molecular weight is 262 g/mol. The minimum absolute atomic E-state index is 0.0344. The smallest absolute Gasteiger partial charge is 0.181 e. The fourth-order valence-electron chi connectivity index (χ4n) is 1.57. The zero-order valence-electron chi connectivity index (χ0n) is 9.53. The Balaban J connectivity index is 2.01. The lowest BCUT2D eigenvalue weighted by molar-refractivity contribution is 0.271. The first-order valence-corrected chi connectivity index (χ1v) is 6.04. The molecular weight excluding hydrogens is 252 g/mol. The molecule has 3 aromatic heterocycles. The molecule has 7 nitrogen and oxygen atoms in total. The van der Waals surface area contributed by atoms with Crippen molar-refractivity contribution in [2.75, 3.05) is 0 Å². The Labute approximate surface area is 106 Å². The van der Waals surface area contributed by atoms with Crippen LogP contribution in [0.15, 0.2) is 29.0 Å². The minimum Gasteiger partial charge on any atom is -0.390 e. The molecule has 92 valence electrons. The monoisotopic (exact) mass is 262 g/mol. The third-order valence-electron chi connectivity index (χ3n) is 2.58. The molecule has 0 radical (unpaired) electrons. The van der Waals surface area contributed by atoms with Crippen LogP contribution in [0.3, 0.4) is 0 Å². The van der Waals surface area contributed by atoms with Crippen LogP contribution in [0, 0.1) is 0 Å². The molecule has 3 aromatic rings. The van der Waals surface area contributed by atoms with Crippen molar-refractivity contribution in [1.29, 1.82) is 0 Å². The molecule has 18 heavy (non-hydrogen) atoms. The van der Waals surface area contributed by atoms with Gasteiger partial charge in [-0.1, -0.05) is 0 Å². The number of rotatable bonds is 3. The first-order chi connectivity index (χ1) is 8.79. The summed E-state index contributed by atoms with van der Waals surface area (Å²) in [5, 5.41) is 10.6. The number of hydrogen-bond donors (Lipinski definition) is 2. The van der Waals surface area contributed by atoms with Gasteiger partial charge in [0.2, 0.25) is 0 Å². The van der Waals surface area contributed by atoms with Crippen LogP contribution in [0.4, 0.5) is 0 Å². The Morgan fingerprint density at radius 1 is 1.33 bits per heavy atom. The van der Waals surface area contributed by atoms with Gasteiger partial charge in [0, 0.05) is 7.05 Å².